The summed E-state index contributed by atoms with van der Waals surface area (Å²) in [5, 5.41) is 0. The Morgan fingerprint density at radius 2 is 0.708 bits per heavy atom. The average Bonchev–Trinajstić information content (AvgIpc) is 3.65. The topological polar surface area (TPSA) is 17.6 Å². The number of aromatic nitrogens is 4. The summed E-state index contributed by atoms with van der Waals surface area (Å²) < 4.78 is 61.1. The van der Waals surface area contributed by atoms with Crippen LogP contribution in [0.25, 0.3) is 45.0 Å². The van der Waals surface area contributed by atoms with Gasteiger partial charge in [-0.15, -0.1) is 0 Å². The summed E-state index contributed by atoms with van der Waals surface area (Å²) in [5.74, 6) is -1.06. The average molecular weight is 902 g/mol. The molecule has 0 atom stereocenters. The van der Waals surface area contributed by atoms with E-state index in [1.165, 1.54) is 48.5 Å². The van der Waals surface area contributed by atoms with E-state index in [2.05, 4.69) is 12.7 Å². The maximum Gasteiger partial charge on any atom is 3.00 e. The molecule has 4 nitrogen and oxygen atoms in total. The van der Waals surface area contributed by atoms with E-state index in [4.69, 9.17) is 0 Å². The van der Waals surface area contributed by atoms with Gasteiger partial charge in [0.1, 0.15) is 23.3 Å². The molecular weight excluding hydrogens is 865 g/mol. The molecule has 10 heteroatoms. The van der Waals surface area contributed by atoms with Crippen molar-refractivity contribution in [2.75, 3.05) is 0 Å². The van der Waals surface area contributed by atoms with Crippen molar-refractivity contribution in [1.82, 2.24) is 9.13 Å². The van der Waals surface area contributed by atoms with Crippen LogP contribution in [0.3, 0.4) is 0 Å². The Labute approximate surface area is 305 Å². The van der Waals surface area contributed by atoms with Gasteiger partial charge >= 0.3 is 22.4 Å². The van der Waals surface area contributed by atoms with Crippen LogP contribution >= 0.6 is 0 Å². The van der Waals surface area contributed by atoms with E-state index < -0.39 is 0 Å². The Morgan fingerprint density at radius 3 is 0.938 bits per heavy atom. The van der Waals surface area contributed by atoms with Gasteiger partial charge in [0.2, 0.25) is 12.7 Å². The number of hydrogen-bond acceptors (Lipinski definition) is 0. The molecule has 0 fully saturated rings. The van der Waals surface area contributed by atoms with Crippen LogP contribution in [0.1, 0.15) is 27.7 Å². The van der Waals surface area contributed by atoms with Crippen LogP contribution in [0.5, 0.6) is 0 Å². The van der Waals surface area contributed by atoms with Crippen molar-refractivity contribution >= 4 is 0 Å². The molecule has 6 aromatic rings. The zero-order valence-electron chi connectivity index (χ0n) is 27.0. The first-order valence-electron chi connectivity index (χ1n) is 15.4. The van der Waals surface area contributed by atoms with Gasteiger partial charge in [0, 0.05) is 22.8 Å². The summed E-state index contributed by atoms with van der Waals surface area (Å²) in [6.07, 6.45) is 6.64. The van der Waals surface area contributed by atoms with Gasteiger partial charge in [-0.2, -0.15) is 0 Å². The van der Waals surface area contributed by atoms with E-state index in [-0.39, 0.29) is 62.6 Å². The van der Waals surface area contributed by atoms with Crippen molar-refractivity contribution in [3.8, 4) is 45.0 Å². The number of aryl methyl sites for hydroxylation is 4. The van der Waals surface area contributed by atoms with Crippen LogP contribution in [-0.4, -0.2) is 9.13 Å². The molecule has 4 aromatic carbocycles. The van der Waals surface area contributed by atoms with E-state index in [0.29, 0.717) is 0 Å². The van der Waals surface area contributed by atoms with E-state index in [9.17, 15) is 17.6 Å². The number of hydrogen-bond donors (Lipinski definition) is 0. The molecule has 48 heavy (non-hydrogen) atoms. The molecule has 6 rings (SSSR count). The van der Waals surface area contributed by atoms with Gasteiger partial charge in [-0.3, -0.25) is 0 Å². The number of halogens is 5. The van der Waals surface area contributed by atoms with Gasteiger partial charge in [0.25, 0.3) is 0 Å². The minimum absolute atomic E-state index is 0. The van der Waals surface area contributed by atoms with Crippen molar-refractivity contribution < 1.29 is 66.1 Å². The summed E-state index contributed by atoms with van der Waals surface area (Å²) >= 11 is 0. The van der Waals surface area contributed by atoms with Crippen LogP contribution in [0.15, 0.2) is 97.1 Å². The van der Waals surface area contributed by atoms with Gasteiger partial charge < -0.3 is 35.2 Å². The maximum atomic E-state index is 13.3. The summed E-state index contributed by atoms with van der Waals surface area (Å²) in [5.41, 5.74) is 7.49. The maximum absolute atomic E-state index is 13.3. The summed E-state index contributed by atoms with van der Waals surface area (Å²) in [6.45, 7) is 11.1. The predicted molar refractivity (Wildman–Crippen MR) is 171 cm³/mol. The third-order valence-electron chi connectivity index (χ3n) is 7.75. The van der Waals surface area contributed by atoms with Crippen molar-refractivity contribution in [1.29, 1.82) is 0 Å². The van der Waals surface area contributed by atoms with Crippen LogP contribution in [0, 0.1) is 35.9 Å². The molecule has 0 unspecified atom stereocenters. The second-order valence-corrected chi connectivity index (χ2v) is 10.6. The van der Waals surface area contributed by atoms with Crippen molar-refractivity contribution in [3.05, 3.63) is 133 Å². The number of rotatable bonds is 8. The minimum Gasteiger partial charge on any atom is -1.00 e. The molecule has 2 aromatic heterocycles. The van der Waals surface area contributed by atoms with Crippen LogP contribution in [0.2, 0.25) is 0 Å². The standard InChI is InChI=1S/2C19H18F2N2.Au.BrH/c2*1-3-22-13-23(4-2)19(15-7-11-17(21)12-8-15)18(22)14-5-9-16(20)10-6-14;;/h2*5-12H,3-4H2,1-2H3;;1H/q;;+3;/p-1. The van der Waals surface area contributed by atoms with Crippen molar-refractivity contribution in [2.45, 2.75) is 53.9 Å². The smallest absolute Gasteiger partial charge is 1.00 e. The first-order chi connectivity index (χ1) is 22.3. The fourth-order valence-corrected chi connectivity index (χ4v) is 5.52. The Balaban J connectivity index is 0.000000250. The Morgan fingerprint density at radius 1 is 0.458 bits per heavy atom. The Hall–Kier alpha value is -3.76. The van der Waals surface area contributed by atoms with Crippen LogP contribution in [0.4, 0.5) is 17.6 Å². The van der Waals surface area contributed by atoms with Gasteiger partial charge in [-0.1, -0.05) is 48.5 Å². The molecule has 0 radical (unpaired) electrons. The van der Waals surface area contributed by atoms with Crippen LogP contribution in [-0.2, 0) is 48.6 Å². The molecule has 0 spiro atoms. The third kappa shape index (κ3) is 8.44. The molecule has 0 saturated heterocycles. The summed E-state index contributed by atoms with van der Waals surface area (Å²) in [6, 6.07) is 25.7. The monoisotopic (exact) mass is 900 g/mol. The number of benzene rings is 4. The molecule has 252 valence electrons. The molecule has 0 saturated carbocycles. The molecule has 0 aliphatic carbocycles. The fourth-order valence-electron chi connectivity index (χ4n) is 5.52. The Bertz CT molecular complexity index is 1620. The minimum atomic E-state index is -0.265. The van der Waals surface area contributed by atoms with E-state index in [0.717, 1.165) is 71.2 Å². The van der Waals surface area contributed by atoms with E-state index in [1.54, 1.807) is 48.5 Å². The molecule has 0 bridgehead atoms. The van der Waals surface area contributed by atoms with Gasteiger partial charge in [0.05, 0.1) is 26.2 Å². The second kappa shape index (κ2) is 17.6. The van der Waals surface area contributed by atoms with Crippen molar-refractivity contribution in [2.24, 2.45) is 0 Å². The summed E-state index contributed by atoms with van der Waals surface area (Å²) in [4.78, 5) is 0. The largest absolute Gasteiger partial charge is 3.00 e. The quantitative estimate of drug-likeness (QED) is 0.0838. The third-order valence-corrected chi connectivity index (χ3v) is 7.75. The molecule has 0 amide bonds. The Kier molecular flexibility index (Phi) is 14.2. The van der Waals surface area contributed by atoms with Gasteiger partial charge in [0.15, 0.2) is 0 Å². The number of nitrogens with zero attached hydrogens (tertiary/aromatic N) is 4. The normalized spacial score (nSPS) is 10.5. The van der Waals surface area contributed by atoms with E-state index in [1.807, 2.05) is 46.0 Å². The van der Waals surface area contributed by atoms with Crippen LogP contribution < -0.4 is 26.1 Å². The zero-order valence-corrected chi connectivity index (χ0v) is 30.8. The molecular formula is C38H36AuBrF4N4+2. The SMILES string of the molecule is CCn1[c-][n+](CC)c(-c2ccc(F)cc2)c1-c1ccc(F)cc1.CCn1[c-][n+](CC)c(-c2ccc(F)cc2)c1-c1ccc(F)cc1.[Au+3].[Br-]. The zero-order chi connectivity index (χ0) is 32.8. The molecule has 2 heterocycles. The first kappa shape index (κ1) is 38.7. The molecule has 0 N–H and O–H groups in total. The predicted octanol–water partition coefficient (Wildman–Crippen LogP) is 5.46. The van der Waals surface area contributed by atoms with E-state index >= 15 is 0 Å². The van der Waals surface area contributed by atoms with Gasteiger partial charge in [-0.05, 0) is 98.5 Å². The van der Waals surface area contributed by atoms with Crippen molar-refractivity contribution in [3.63, 3.8) is 0 Å². The molecule has 0 aliphatic rings. The first-order valence-corrected chi connectivity index (χ1v) is 15.4. The summed E-state index contributed by atoms with van der Waals surface area (Å²) in [7, 11) is 0. The number of imidazole rings is 2. The van der Waals surface area contributed by atoms with Gasteiger partial charge in [-0.25, -0.2) is 17.6 Å². The second-order valence-electron chi connectivity index (χ2n) is 10.6. The molecule has 0 aliphatic heterocycles. The fraction of sp³-hybridized carbons (Fsp3) is 0.211.